The van der Waals surface area contributed by atoms with Gasteiger partial charge in [0.15, 0.2) is 11.9 Å². The first-order valence-corrected chi connectivity index (χ1v) is 14.7. The Balaban J connectivity index is 1.36. The number of rotatable bonds is 6. The van der Waals surface area contributed by atoms with Crippen LogP contribution in [0.15, 0.2) is 49.1 Å². The van der Waals surface area contributed by atoms with Crippen LogP contribution in [-0.4, -0.2) is 83.7 Å². The van der Waals surface area contributed by atoms with Crippen molar-refractivity contribution in [1.82, 2.24) is 19.8 Å². The molecule has 0 spiro atoms. The molecule has 4 heterocycles. The summed E-state index contributed by atoms with van der Waals surface area (Å²) in [7, 11) is 2.12. The molecule has 0 bridgehead atoms. The van der Waals surface area contributed by atoms with Crippen LogP contribution in [0.25, 0.3) is 10.8 Å². The third-order valence-corrected chi connectivity index (χ3v) is 8.73. The van der Waals surface area contributed by atoms with E-state index in [1.54, 1.807) is 4.90 Å². The summed E-state index contributed by atoms with van der Waals surface area (Å²) in [6.45, 7) is 10.9. The average molecular weight is 578 g/mol. The molecule has 0 aliphatic carbocycles. The van der Waals surface area contributed by atoms with Crippen LogP contribution in [0.3, 0.4) is 0 Å². The van der Waals surface area contributed by atoms with Gasteiger partial charge < -0.3 is 28.9 Å². The highest BCUT2D eigenvalue weighted by Crippen LogP contribution is 2.46. The molecule has 9 nitrogen and oxygen atoms in total. The summed E-state index contributed by atoms with van der Waals surface area (Å²) in [6, 6.07) is 12.5. The van der Waals surface area contributed by atoms with E-state index in [4.69, 9.17) is 35.8 Å². The van der Waals surface area contributed by atoms with Crippen LogP contribution in [0, 0.1) is 0 Å². The smallest absolute Gasteiger partial charge is 0.322 e. The number of amides is 1. The van der Waals surface area contributed by atoms with Gasteiger partial charge in [-0.3, -0.25) is 4.79 Å². The fourth-order valence-corrected chi connectivity index (χ4v) is 6.44. The monoisotopic (exact) mass is 577 g/mol. The second-order valence-corrected chi connectivity index (χ2v) is 11.5. The van der Waals surface area contributed by atoms with Crippen molar-refractivity contribution in [3.05, 3.63) is 59.6 Å². The lowest BCUT2D eigenvalue weighted by atomic mass is 9.97. The fourth-order valence-electron chi connectivity index (χ4n) is 6.14. The number of aromatic nitrogens is 2. The van der Waals surface area contributed by atoms with Crippen LogP contribution in [0.4, 0.5) is 5.82 Å². The van der Waals surface area contributed by atoms with Gasteiger partial charge in [-0.25, -0.2) is 0 Å². The lowest BCUT2D eigenvalue weighted by Crippen LogP contribution is -2.54. The molecule has 2 fully saturated rings. The molecule has 0 radical (unpaired) electrons. The molecule has 2 aromatic carbocycles. The summed E-state index contributed by atoms with van der Waals surface area (Å²) in [6.07, 6.45) is 2.80. The maximum atomic E-state index is 12.3. The van der Waals surface area contributed by atoms with Crippen molar-refractivity contribution in [1.29, 1.82) is 0 Å². The molecule has 10 heteroatoms. The number of fused-ring (bicyclic) bond motifs is 2. The van der Waals surface area contributed by atoms with E-state index in [1.165, 1.54) is 6.08 Å². The normalized spacial score (nSPS) is 24.5. The van der Waals surface area contributed by atoms with Gasteiger partial charge in [-0.05, 0) is 57.8 Å². The Morgan fingerprint density at radius 1 is 1.15 bits per heavy atom. The summed E-state index contributed by atoms with van der Waals surface area (Å²) in [5.41, 5.74) is 0.936. The van der Waals surface area contributed by atoms with Crippen molar-refractivity contribution in [2.45, 2.75) is 51.0 Å². The highest BCUT2D eigenvalue weighted by Gasteiger charge is 2.38. The lowest BCUT2D eigenvalue weighted by Gasteiger charge is -2.42. The lowest BCUT2D eigenvalue weighted by molar-refractivity contribution is -0.126. The zero-order valence-electron chi connectivity index (χ0n) is 23.8. The van der Waals surface area contributed by atoms with Gasteiger partial charge in [0, 0.05) is 47.7 Å². The number of carbonyl (C=O) groups is 1. The van der Waals surface area contributed by atoms with Gasteiger partial charge in [0.2, 0.25) is 11.7 Å². The first kappa shape index (κ1) is 27.6. The van der Waals surface area contributed by atoms with Gasteiger partial charge in [0.1, 0.15) is 12.7 Å². The largest absolute Gasteiger partial charge is 0.478 e. The second kappa shape index (κ2) is 11.4. The number of anilines is 1. The van der Waals surface area contributed by atoms with E-state index in [-0.39, 0.29) is 24.1 Å². The van der Waals surface area contributed by atoms with E-state index >= 15 is 0 Å². The zero-order chi connectivity index (χ0) is 28.7. The summed E-state index contributed by atoms with van der Waals surface area (Å²) < 4.78 is 19.4. The average Bonchev–Trinajstić information content (AvgIpc) is 3.39. The summed E-state index contributed by atoms with van der Waals surface area (Å²) in [5.74, 6) is 1.37. The number of likely N-dealkylation sites (tertiary alicyclic amines) is 1. The molecule has 3 aliphatic heterocycles. The summed E-state index contributed by atoms with van der Waals surface area (Å²) >= 11 is 6.67. The van der Waals surface area contributed by atoms with Crippen molar-refractivity contribution >= 4 is 34.1 Å². The Hall–Kier alpha value is -3.56. The fraction of sp³-hybridized carbons (Fsp3) is 0.452. The van der Waals surface area contributed by atoms with Crippen molar-refractivity contribution in [2.75, 3.05) is 44.7 Å². The molecule has 2 saturated heterocycles. The summed E-state index contributed by atoms with van der Waals surface area (Å²) in [5, 5.41) is 2.63. The number of hydrogen-bond donors (Lipinski definition) is 0. The number of benzene rings is 2. The third-order valence-electron chi connectivity index (χ3n) is 8.42. The van der Waals surface area contributed by atoms with Crippen LogP contribution in [0.5, 0.6) is 17.6 Å². The van der Waals surface area contributed by atoms with Crippen LogP contribution in [-0.2, 0) is 4.79 Å². The molecule has 0 saturated carbocycles. The van der Waals surface area contributed by atoms with E-state index in [0.717, 1.165) is 35.7 Å². The highest BCUT2D eigenvalue weighted by atomic mass is 35.5. The number of piperazine rings is 1. The van der Waals surface area contributed by atoms with Gasteiger partial charge in [-0.15, -0.1) is 0 Å². The minimum absolute atomic E-state index is 0.0195. The molecule has 3 aliphatic rings. The van der Waals surface area contributed by atoms with Gasteiger partial charge in [-0.2, -0.15) is 9.97 Å². The zero-order valence-corrected chi connectivity index (χ0v) is 24.5. The minimum Gasteiger partial charge on any atom is -0.478 e. The van der Waals surface area contributed by atoms with Crippen LogP contribution < -0.4 is 19.1 Å². The number of carbonyl (C=O) groups excluding carboxylic acids is 1. The SMILES string of the molecule is C=CC(=O)N1CCN(c2nc(OC[C@@H]3CCCN3C)nc3c2O[C@H](C)C(c2cccc4cccc(Cl)c24)O3)[C@@H](C)C1. The number of ether oxygens (including phenoxy) is 3. The first-order valence-electron chi connectivity index (χ1n) is 14.3. The molecule has 0 N–H and O–H groups in total. The Labute approximate surface area is 245 Å². The first-order chi connectivity index (χ1) is 19.8. The molecular weight excluding hydrogens is 542 g/mol. The topological polar surface area (TPSA) is 80.3 Å². The van der Waals surface area contributed by atoms with E-state index in [1.807, 2.05) is 43.3 Å². The number of halogens is 1. The molecule has 1 amide bonds. The van der Waals surface area contributed by atoms with Gasteiger partial charge >= 0.3 is 6.01 Å². The van der Waals surface area contributed by atoms with Crippen LogP contribution >= 0.6 is 11.6 Å². The predicted octanol–water partition coefficient (Wildman–Crippen LogP) is 4.88. The van der Waals surface area contributed by atoms with Crippen molar-refractivity contribution in [3.8, 4) is 17.6 Å². The summed E-state index contributed by atoms with van der Waals surface area (Å²) in [4.78, 5) is 28.1. The standard InChI is InChI=1S/C31H36ClN5O4/c1-5-25(38)36-15-16-37(19(2)17-36)29-28-30(34-31(33-29)39-18-22-11-8-14-35(22)4)41-27(20(3)40-28)23-12-6-9-21-10-7-13-24(32)26(21)23/h5-7,9-10,12-13,19-20,22,27H,1,8,11,14-18H2,2-4H3/t19-,20+,22-,27?/m0/s1. The Morgan fingerprint density at radius 3 is 2.68 bits per heavy atom. The maximum Gasteiger partial charge on any atom is 0.322 e. The molecule has 41 heavy (non-hydrogen) atoms. The number of likely N-dealkylation sites (N-methyl/N-ethyl adjacent to an activating group) is 1. The Morgan fingerprint density at radius 2 is 1.95 bits per heavy atom. The molecule has 216 valence electrons. The molecule has 3 aromatic rings. The van der Waals surface area contributed by atoms with Gasteiger partial charge in [0.25, 0.3) is 5.88 Å². The van der Waals surface area contributed by atoms with Crippen molar-refractivity contribution in [2.24, 2.45) is 0 Å². The Kier molecular flexibility index (Phi) is 7.66. The molecule has 6 rings (SSSR count). The van der Waals surface area contributed by atoms with E-state index in [2.05, 4.69) is 30.4 Å². The third kappa shape index (κ3) is 5.28. The highest BCUT2D eigenvalue weighted by molar-refractivity contribution is 6.35. The molecule has 1 unspecified atom stereocenters. The Bertz CT molecular complexity index is 1460. The van der Waals surface area contributed by atoms with Crippen LogP contribution in [0.2, 0.25) is 5.02 Å². The van der Waals surface area contributed by atoms with E-state index in [9.17, 15) is 4.79 Å². The van der Waals surface area contributed by atoms with Crippen molar-refractivity contribution < 1.29 is 19.0 Å². The quantitative estimate of drug-likeness (QED) is 0.384. The van der Waals surface area contributed by atoms with Gasteiger partial charge in [-0.1, -0.05) is 48.5 Å². The molecule has 4 atom stereocenters. The number of hydrogen-bond acceptors (Lipinski definition) is 8. The number of nitrogens with zero attached hydrogens (tertiary/aromatic N) is 5. The van der Waals surface area contributed by atoms with E-state index < -0.39 is 6.10 Å². The van der Waals surface area contributed by atoms with E-state index in [0.29, 0.717) is 54.8 Å². The molecular formula is C31H36ClN5O4. The van der Waals surface area contributed by atoms with Crippen molar-refractivity contribution in [3.63, 3.8) is 0 Å². The van der Waals surface area contributed by atoms with Gasteiger partial charge in [0.05, 0.1) is 0 Å². The second-order valence-electron chi connectivity index (χ2n) is 11.1. The predicted molar refractivity (Wildman–Crippen MR) is 159 cm³/mol. The minimum atomic E-state index is -0.442. The van der Waals surface area contributed by atoms with Crippen LogP contribution in [0.1, 0.15) is 38.4 Å². The molecule has 1 aromatic heterocycles. The maximum absolute atomic E-state index is 12.3.